The van der Waals surface area contributed by atoms with E-state index in [9.17, 15) is 18.5 Å². The Morgan fingerprint density at radius 3 is 2.76 bits per heavy atom. The molecule has 1 unspecified atom stereocenters. The summed E-state index contributed by atoms with van der Waals surface area (Å²) >= 11 is 0. The van der Waals surface area contributed by atoms with Crippen molar-refractivity contribution in [3.8, 4) is 0 Å². The van der Waals surface area contributed by atoms with Crippen LogP contribution in [0.25, 0.3) is 0 Å². The number of sulfone groups is 1. The molecule has 0 N–H and O–H groups in total. The number of hydrogen-bond donors (Lipinski definition) is 0. The quantitative estimate of drug-likeness (QED) is 0.619. The lowest BCUT2D eigenvalue weighted by atomic mass is 10.2. The lowest BCUT2D eigenvalue weighted by Crippen LogP contribution is -2.42. The summed E-state index contributed by atoms with van der Waals surface area (Å²) in [5.41, 5.74) is -0.0126. The summed E-state index contributed by atoms with van der Waals surface area (Å²) in [6.45, 7) is 3.48. The molecule has 0 bridgehead atoms. The fourth-order valence-electron chi connectivity index (χ4n) is 2.43. The summed E-state index contributed by atoms with van der Waals surface area (Å²) in [7, 11) is -3.66. The molecule has 0 spiro atoms. The van der Waals surface area contributed by atoms with Gasteiger partial charge < -0.3 is 9.64 Å². The molecule has 0 saturated carbocycles. The van der Waals surface area contributed by atoms with Crippen molar-refractivity contribution in [1.82, 2.24) is 0 Å². The number of morpholine rings is 1. The van der Waals surface area contributed by atoms with E-state index in [4.69, 9.17) is 4.74 Å². The van der Waals surface area contributed by atoms with Gasteiger partial charge in [-0.05, 0) is 18.6 Å². The van der Waals surface area contributed by atoms with Crippen LogP contribution in [0.2, 0.25) is 0 Å². The summed E-state index contributed by atoms with van der Waals surface area (Å²) in [4.78, 5) is 12.3. The largest absolute Gasteiger partial charge is 0.375 e. The Kier molecular flexibility index (Phi) is 4.48. The van der Waals surface area contributed by atoms with Crippen LogP contribution >= 0.6 is 0 Å². The van der Waals surface area contributed by atoms with E-state index < -0.39 is 14.8 Å². The standard InChI is InChI=1S/C13H18N2O5S/c1-3-10-9-14(7-8-20-10)11-5-4-6-12(21(2,18)19)13(11)15(16)17/h4-6,10H,3,7-9H2,1-2H3. The molecule has 1 fully saturated rings. The third kappa shape index (κ3) is 3.33. The van der Waals surface area contributed by atoms with Gasteiger partial charge in [-0.3, -0.25) is 10.1 Å². The second kappa shape index (κ2) is 5.98. The fraction of sp³-hybridized carbons (Fsp3) is 0.538. The van der Waals surface area contributed by atoms with Gasteiger partial charge in [-0.1, -0.05) is 13.0 Å². The van der Waals surface area contributed by atoms with E-state index in [1.807, 2.05) is 11.8 Å². The topological polar surface area (TPSA) is 89.8 Å². The van der Waals surface area contributed by atoms with E-state index in [0.717, 1.165) is 12.7 Å². The fourth-order valence-corrected chi connectivity index (χ4v) is 3.29. The predicted molar refractivity (Wildman–Crippen MR) is 78.5 cm³/mol. The number of para-hydroxylation sites is 1. The molecule has 21 heavy (non-hydrogen) atoms. The molecule has 1 aromatic rings. The maximum absolute atomic E-state index is 11.8. The van der Waals surface area contributed by atoms with Crippen molar-refractivity contribution >= 4 is 21.2 Å². The van der Waals surface area contributed by atoms with Crippen molar-refractivity contribution in [2.75, 3.05) is 30.9 Å². The third-order valence-corrected chi connectivity index (χ3v) is 4.62. The summed E-state index contributed by atoms with van der Waals surface area (Å²) in [6, 6.07) is 4.40. The number of ether oxygens (including phenoxy) is 1. The van der Waals surface area contributed by atoms with Crippen molar-refractivity contribution in [2.24, 2.45) is 0 Å². The van der Waals surface area contributed by atoms with Crippen molar-refractivity contribution in [2.45, 2.75) is 24.3 Å². The molecule has 1 atom stereocenters. The summed E-state index contributed by atoms with van der Waals surface area (Å²) < 4.78 is 29.1. The highest BCUT2D eigenvalue weighted by Crippen LogP contribution is 2.35. The molecule has 1 heterocycles. The summed E-state index contributed by atoms with van der Waals surface area (Å²) in [5, 5.41) is 11.4. The van der Waals surface area contributed by atoms with E-state index in [2.05, 4.69) is 0 Å². The SMILES string of the molecule is CCC1CN(c2cccc(S(C)(=O)=O)c2[N+](=O)[O-])CCO1. The molecule has 1 aliphatic heterocycles. The van der Waals surface area contributed by atoms with Gasteiger partial charge in [-0.15, -0.1) is 0 Å². The first-order valence-corrected chi connectivity index (χ1v) is 8.57. The smallest absolute Gasteiger partial charge is 0.311 e. The van der Waals surface area contributed by atoms with Crippen molar-refractivity contribution < 1.29 is 18.1 Å². The predicted octanol–water partition coefficient (Wildman–Crippen LogP) is 1.61. The van der Waals surface area contributed by atoms with Gasteiger partial charge in [0.1, 0.15) is 10.6 Å². The summed E-state index contributed by atoms with van der Waals surface area (Å²) in [5.74, 6) is 0. The zero-order valence-electron chi connectivity index (χ0n) is 12.0. The van der Waals surface area contributed by atoms with E-state index in [0.29, 0.717) is 25.4 Å². The van der Waals surface area contributed by atoms with Crippen LogP contribution in [0.3, 0.4) is 0 Å². The minimum absolute atomic E-state index is 0.000226. The Morgan fingerprint density at radius 2 is 2.19 bits per heavy atom. The van der Waals surface area contributed by atoms with Gasteiger partial charge >= 0.3 is 5.69 Å². The molecule has 1 aliphatic rings. The number of nitro groups is 1. The van der Waals surface area contributed by atoms with Crippen LogP contribution < -0.4 is 4.90 Å². The molecule has 1 aromatic carbocycles. The van der Waals surface area contributed by atoms with Crippen LogP contribution in [-0.4, -0.2) is 45.4 Å². The summed E-state index contributed by atoms with van der Waals surface area (Å²) in [6.07, 6.45) is 1.78. The zero-order chi connectivity index (χ0) is 15.6. The van der Waals surface area contributed by atoms with Gasteiger partial charge in [0.05, 0.1) is 17.6 Å². The molecule has 8 heteroatoms. The lowest BCUT2D eigenvalue weighted by molar-refractivity contribution is -0.387. The molecule has 0 aliphatic carbocycles. The maximum Gasteiger partial charge on any atom is 0.311 e. The van der Waals surface area contributed by atoms with Gasteiger partial charge in [-0.25, -0.2) is 8.42 Å². The third-order valence-electron chi connectivity index (χ3n) is 3.49. The van der Waals surface area contributed by atoms with Crippen LogP contribution in [0.1, 0.15) is 13.3 Å². The first-order valence-electron chi connectivity index (χ1n) is 6.68. The second-order valence-electron chi connectivity index (χ2n) is 5.00. The minimum Gasteiger partial charge on any atom is -0.375 e. The lowest BCUT2D eigenvalue weighted by Gasteiger charge is -2.33. The van der Waals surface area contributed by atoms with E-state index in [-0.39, 0.29) is 16.7 Å². The van der Waals surface area contributed by atoms with Crippen LogP contribution in [0.5, 0.6) is 0 Å². The van der Waals surface area contributed by atoms with Crippen LogP contribution in [0.15, 0.2) is 23.1 Å². The minimum atomic E-state index is -3.66. The molecule has 2 rings (SSSR count). The highest BCUT2D eigenvalue weighted by atomic mass is 32.2. The molecule has 0 amide bonds. The second-order valence-corrected chi connectivity index (χ2v) is 6.98. The van der Waals surface area contributed by atoms with Gasteiger partial charge in [0, 0.05) is 19.3 Å². The van der Waals surface area contributed by atoms with Gasteiger partial charge in [0.2, 0.25) is 0 Å². The molecule has 1 saturated heterocycles. The molecular weight excluding hydrogens is 296 g/mol. The van der Waals surface area contributed by atoms with Crippen LogP contribution in [0.4, 0.5) is 11.4 Å². The first kappa shape index (κ1) is 15.7. The number of nitro benzene ring substituents is 1. The molecule has 7 nitrogen and oxygen atoms in total. The van der Waals surface area contributed by atoms with Crippen molar-refractivity contribution in [1.29, 1.82) is 0 Å². The Morgan fingerprint density at radius 1 is 1.48 bits per heavy atom. The van der Waals surface area contributed by atoms with E-state index >= 15 is 0 Å². The van der Waals surface area contributed by atoms with Gasteiger partial charge in [-0.2, -0.15) is 0 Å². The van der Waals surface area contributed by atoms with Crippen molar-refractivity contribution in [3.05, 3.63) is 28.3 Å². The van der Waals surface area contributed by atoms with Gasteiger partial charge in [0.15, 0.2) is 9.84 Å². The van der Waals surface area contributed by atoms with Crippen molar-refractivity contribution in [3.63, 3.8) is 0 Å². The first-order chi connectivity index (χ1) is 9.84. The number of anilines is 1. The van der Waals surface area contributed by atoms with E-state index in [1.165, 1.54) is 12.1 Å². The number of hydrogen-bond acceptors (Lipinski definition) is 6. The Bertz CT molecular complexity index is 644. The van der Waals surface area contributed by atoms with Crippen LogP contribution in [-0.2, 0) is 14.6 Å². The average molecular weight is 314 g/mol. The number of rotatable bonds is 4. The number of nitrogens with zero attached hydrogens (tertiary/aromatic N) is 2. The highest BCUT2D eigenvalue weighted by Gasteiger charge is 2.30. The Balaban J connectivity index is 2.51. The molecule has 0 aromatic heterocycles. The van der Waals surface area contributed by atoms with Crippen LogP contribution in [0, 0.1) is 10.1 Å². The monoisotopic (exact) mass is 314 g/mol. The Labute approximate surface area is 123 Å². The normalized spacial score (nSPS) is 19.5. The molecular formula is C13H18N2O5S. The maximum atomic E-state index is 11.8. The highest BCUT2D eigenvalue weighted by molar-refractivity contribution is 7.90. The average Bonchev–Trinajstić information content (AvgIpc) is 2.45. The molecule has 116 valence electrons. The Hall–Kier alpha value is -1.67. The zero-order valence-corrected chi connectivity index (χ0v) is 12.8. The molecule has 0 radical (unpaired) electrons. The van der Waals surface area contributed by atoms with Gasteiger partial charge in [0.25, 0.3) is 0 Å². The number of benzene rings is 1. The van der Waals surface area contributed by atoms with E-state index in [1.54, 1.807) is 6.07 Å².